The van der Waals surface area contributed by atoms with Gasteiger partial charge in [0.15, 0.2) is 5.76 Å². The van der Waals surface area contributed by atoms with Crippen molar-refractivity contribution in [3.63, 3.8) is 0 Å². The van der Waals surface area contributed by atoms with Crippen LogP contribution >= 0.6 is 0 Å². The van der Waals surface area contributed by atoms with Gasteiger partial charge in [0.05, 0.1) is 5.56 Å². The first-order chi connectivity index (χ1) is 22.3. The minimum atomic E-state index is -1.40. The van der Waals surface area contributed by atoms with Crippen molar-refractivity contribution < 1.29 is 41.9 Å². The number of aromatic nitrogens is 2. The van der Waals surface area contributed by atoms with E-state index in [0.717, 1.165) is 6.07 Å². The largest absolute Gasteiger partial charge is 0.480 e. The zero-order chi connectivity index (χ0) is 33.9. The highest BCUT2D eigenvalue weighted by molar-refractivity contribution is 5.95. The van der Waals surface area contributed by atoms with Gasteiger partial charge >= 0.3 is 12.1 Å². The van der Waals surface area contributed by atoms with Crippen molar-refractivity contribution in [1.82, 2.24) is 15.5 Å². The SMILES string of the molecule is Cc1cc(-c2ccc(C(=O)N[C@@H](Cc3ccc(-c4noc(-c5ccc(NC(=O)OC(C)(C)C)cc5)n4)c(F)c3)C(=O)O)o2)ccc1F. The van der Waals surface area contributed by atoms with Gasteiger partial charge in [-0.15, -0.1) is 0 Å². The third-order valence-electron chi connectivity index (χ3n) is 6.79. The van der Waals surface area contributed by atoms with Crippen LogP contribution < -0.4 is 10.6 Å². The van der Waals surface area contributed by atoms with Crippen LogP contribution in [-0.2, 0) is 16.0 Å². The molecule has 0 aliphatic carbocycles. The number of carboxylic acids is 1. The number of rotatable bonds is 9. The summed E-state index contributed by atoms with van der Waals surface area (Å²) in [6.07, 6.45) is -0.838. The van der Waals surface area contributed by atoms with Crippen LogP contribution in [0.2, 0.25) is 0 Å². The van der Waals surface area contributed by atoms with Crippen LogP contribution in [0.4, 0.5) is 19.3 Å². The van der Waals surface area contributed by atoms with Crippen molar-refractivity contribution in [2.24, 2.45) is 0 Å². The van der Waals surface area contributed by atoms with E-state index in [4.69, 9.17) is 13.7 Å². The molecule has 13 heteroatoms. The molecule has 0 bridgehead atoms. The highest BCUT2D eigenvalue weighted by atomic mass is 19.1. The lowest BCUT2D eigenvalue weighted by atomic mass is 10.0. The molecule has 0 fully saturated rings. The number of benzene rings is 3. The summed E-state index contributed by atoms with van der Waals surface area (Å²) in [6.45, 7) is 6.86. The van der Waals surface area contributed by atoms with E-state index >= 15 is 4.39 Å². The lowest BCUT2D eigenvalue weighted by Crippen LogP contribution is -2.42. The van der Waals surface area contributed by atoms with Crippen molar-refractivity contribution in [3.8, 4) is 34.2 Å². The number of nitrogens with zero attached hydrogens (tertiary/aromatic N) is 2. The molecule has 0 radical (unpaired) electrons. The summed E-state index contributed by atoms with van der Waals surface area (Å²) >= 11 is 0. The molecule has 5 rings (SSSR count). The van der Waals surface area contributed by atoms with Gasteiger partial charge in [-0.3, -0.25) is 10.1 Å². The number of nitrogens with one attached hydrogen (secondary N) is 2. The van der Waals surface area contributed by atoms with Crippen molar-refractivity contribution in [1.29, 1.82) is 0 Å². The fraction of sp³-hybridized carbons (Fsp3) is 0.206. The van der Waals surface area contributed by atoms with Crippen molar-refractivity contribution in [2.75, 3.05) is 5.32 Å². The molecule has 2 heterocycles. The van der Waals surface area contributed by atoms with Gasteiger partial charge < -0.3 is 24.1 Å². The van der Waals surface area contributed by atoms with Crippen LogP contribution in [0.1, 0.15) is 42.5 Å². The predicted octanol–water partition coefficient (Wildman–Crippen LogP) is 7.02. The van der Waals surface area contributed by atoms with Gasteiger partial charge in [-0.05, 0) is 106 Å². The highest BCUT2D eigenvalue weighted by Gasteiger charge is 2.24. The lowest BCUT2D eigenvalue weighted by Gasteiger charge is -2.19. The molecule has 0 saturated carbocycles. The molecule has 47 heavy (non-hydrogen) atoms. The number of carbonyl (C=O) groups is 3. The third-order valence-corrected chi connectivity index (χ3v) is 6.79. The summed E-state index contributed by atoms with van der Waals surface area (Å²) in [7, 11) is 0. The first-order valence-electron chi connectivity index (χ1n) is 14.4. The molecule has 0 saturated heterocycles. The van der Waals surface area contributed by atoms with Gasteiger partial charge in [0.25, 0.3) is 11.8 Å². The first kappa shape index (κ1) is 32.5. The Morgan fingerprint density at radius 3 is 2.32 bits per heavy atom. The van der Waals surface area contributed by atoms with Gasteiger partial charge in [0, 0.05) is 23.2 Å². The predicted molar refractivity (Wildman–Crippen MR) is 166 cm³/mol. The topological polar surface area (TPSA) is 157 Å². The van der Waals surface area contributed by atoms with Gasteiger partial charge in [-0.1, -0.05) is 11.2 Å². The summed E-state index contributed by atoms with van der Waals surface area (Å²) in [5.41, 5.74) is 1.60. The molecule has 2 amide bonds. The Balaban J connectivity index is 1.23. The summed E-state index contributed by atoms with van der Waals surface area (Å²) in [4.78, 5) is 41.0. The lowest BCUT2D eigenvalue weighted by molar-refractivity contribution is -0.139. The second-order valence-electron chi connectivity index (χ2n) is 11.6. The van der Waals surface area contributed by atoms with E-state index in [1.54, 1.807) is 58.0 Å². The van der Waals surface area contributed by atoms with Crippen molar-refractivity contribution in [3.05, 3.63) is 101 Å². The van der Waals surface area contributed by atoms with E-state index < -0.39 is 35.4 Å². The smallest absolute Gasteiger partial charge is 0.412 e. The molecule has 242 valence electrons. The number of aliphatic carboxylic acids is 1. The Bertz CT molecular complexity index is 1940. The molecule has 3 N–H and O–H groups in total. The molecular weight excluding hydrogens is 614 g/mol. The van der Waals surface area contributed by atoms with E-state index in [0.29, 0.717) is 28.1 Å². The average molecular weight is 645 g/mol. The first-order valence-corrected chi connectivity index (χ1v) is 14.4. The Kier molecular flexibility index (Phi) is 9.17. The standard InChI is InChI=1S/C34H30F2N4O7/c1-18-15-21(8-12-24(18)35)27-13-14-28(45-27)30(41)38-26(32(42)43)17-19-5-11-23(25(36)16-19)29-39-31(47-40-29)20-6-9-22(10-7-20)37-33(44)46-34(2,3)4/h5-16,26H,17H2,1-4H3,(H,37,44)(H,38,41)(H,42,43)/t26-/m0/s1. The van der Waals surface area contributed by atoms with E-state index in [1.807, 2.05) is 0 Å². The highest BCUT2D eigenvalue weighted by Crippen LogP contribution is 2.27. The van der Waals surface area contributed by atoms with Crippen LogP contribution in [0.5, 0.6) is 0 Å². The maximum absolute atomic E-state index is 15.2. The number of carbonyl (C=O) groups excluding carboxylic acids is 2. The Hall–Kier alpha value is -5.85. The molecule has 0 unspecified atom stereocenters. The third kappa shape index (κ3) is 8.06. The number of ether oxygens (including phenoxy) is 1. The van der Waals surface area contributed by atoms with Gasteiger partial charge in [-0.25, -0.2) is 18.4 Å². The fourth-order valence-electron chi connectivity index (χ4n) is 4.51. The minimum Gasteiger partial charge on any atom is -0.480 e. The van der Waals surface area contributed by atoms with Crippen LogP contribution in [0.15, 0.2) is 81.7 Å². The number of aryl methyl sites for hydroxylation is 1. The van der Waals surface area contributed by atoms with E-state index in [-0.39, 0.29) is 40.8 Å². The maximum atomic E-state index is 15.2. The molecule has 0 spiro atoms. The molecule has 0 aliphatic heterocycles. The monoisotopic (exact) mass is 644 g/mol. The van der Waals surface area contributed by atoms with E-state index in [1.165, 1.54) is 36.4 Å². The van der Waals surface area contributed by atoms with Gasteiger partial charge in [0.2, 0.25) is 5.82 Å². The molecule has 11 nitrogen and oxygen atoms in total. The second kappa shape index (κ2) is 13.3. The number of hydrogen-bond acceptors (Lipinski definition) is 8. The number of anilines is 1. The van der Waals surface area contributed by atoms with Gasteiger partial charge in [0.1, 0.15) is 29.0 Å². The second-order valence-corrected chi connectivity index (χ2v) is 11.6. The van der Waals surface area contributed by atoms with Crippen LogP contribution in [0.3, 0.4) is 0 Å². The van der Waals surface area contributed by atoms with E-state index in [9.17, 15) is 23.9 Å². The number of carboxylic acid groups (broad SMARTS) is 1. The summed E-state index contributed by atoms with van der Waals surface area (Å²) < 4.78 is 44.9. The number of amides is 2. The normalized spacial score (nSPS) is 12.0. The average Bonchev–Trinajstić information content (AvgIpc) is 3.69. The molecule has 3 aromatic carbocycles. The number of hydrogen-bond donors (Lipinski definition) is 3. The molecule has 2 aromatic heterocycles. The van der Waals surface area contributed by atoms with Crippen LogP contribution in [-0.4, -0.2) is 44.9 Å². The zero-order valence-corrected chi connectivity index (χ0v) is 25.8. The van der Waals surface area contributed by atoms with E-state index in [2.05, 4.69) is 20.8 Å². The minimum absolute atomic E-state index is 0.0158. The number of halogens is 2. The van der Waals surface area contributed by atoms with Crippen molar-refractivity contribution in [2.45, 2.75) is 45.8 Å². The fourth-order valence-corrected chi connectivity index (χ4v) is 4.51. The molecule has 0 aliphatic rings. The summed E-state index contributed by atoms with van der Waals surface area (Å²) in [5, 5.41) is 18.6. The summed E-state index contributed by atoms with van der Waals surface area (Å²) in [5.74, 6) is -2.99. The van der Waals surface area contributed by atoms with Gasteiger partial charge in [-0.2, -0.15) is 4.98 Å². The van der Waals surface area contributed by atoms with Crippen LogP contribution in [0, 0.1) is 18.6 Å². The summed E-state index contributed by atoms with van der Waals surface area (Å²) in [6, 6.07) is 16.4. The molecular formula is C34H30F2N4O7. The van der Waals surface area contributed by atoms with Crippen LogP contribution in [0.25, 0.3) is 34.2 Å². The quantitative estimate of drug-likeness (QED) is 0.153. The molecule has 5 aromatic rings. The maximum Gasteiger partial charge on any atom is 0.412 e. The zero-order valence-electron chi connectivity index (χ0n) is 25.8. The van der Waals surface area contributed by atoms with Crippen molar-refractivity contribution >= 4 is 23.7 Å². The Morgan fingerprint density at radius 1 is 0.936 bits per heavy atom. The molecule has 1 atom stereocenters. The Labute approximate surface area is 267 Å². The number of furan rings is 1. The Morgan fingerprint density at radius 2 is 1.66 bits per heavy atom.